The van der Waals surface area contributed by atoms with Gasteiger partial charge in [-0.3, -0.25) is 0 Å². The van der Waals surface area contributed by atoms with Crippen molar-refractivity contribution in [3.63, 3.8) is 0 Å². The molecular formula is C29H27N3S. The van der Waals surface area contributed by atoms with Gasteiger partial charge in [0, 0.05) is 16.3 Å². The highest BCUT2D eigenvalue weighted by molar-refractivity contribution is 7.22. The zero-order chi connectivity index (χ0) is 21.6. The van der Waals surface area contributed by atoms with Crippen LogP contribution >= 0.6 is 11.3 Å². The third kappa shape index (κ3) is 2.70. The number of rotatable bonds is 3. The third-order valence-corrected chi connectivity index (χ3v) is 9.57. The molecule has 164 valence electrons. The van der Waals surface area contributed by atoms with Crippen molar-refractivity contribution in [2.45, 2.75) is 44.1 Å². The van der Waals surface area contributed by atoms with E-state index in [4.69, 9.17) is 4.98 Å². The van der Waals surface area contributed by atoms with Gasteiger partial charge in [0.15, 0.2) is 5.13 Å². The lowest BCUT2D eigenvalue weighted by atomic mass is 9.53. The molecule has 2 heterocycles. The van der Waals surface area contributed by atoms with Crippen LogP contribution in [0.4, 0.5) is 5.13 Å². The summed E-state index contributed by atoms with van der Waals surface area (Å²) < 4.78 is 3.67. The second kappa shape index (κ2) is 6.60. The predicted octanol–water partition coefficient (Wildman–Crippen LogP) is 7.77. The third-order valence-electron chi connectivity index (χ3n) is 8.63. The molecule has 4 heteroatoms. The quantitative estimate of drug-likeness (QED) is 0.305. The minimum absolute atomic E-state index is 0.287. The van der Waals surface area contributed by atoms with Crippen molar-refractivity contribution in [3.05, 3.63) is 66.7 Å². The molecule has 3 nitrogen and oxygen atoms in total. The number of aromatic nitrogens is 2. The lowest BCUT2D eigenvalue weighted by Gasteiger charge is -2.56. The van der Waals surface area contributed by atoms with E-state index in [0.29, 0.717) is 0 Å². The summed E-state index contributed by atoms with van der Waals surface area (Å²) in [6.07, 6.45) is 8.44. The molecule has 33 heavy (non-hydrogen) atoms. The fraction of sp³-hybridized carbons (Fsp3) is 0.345. The van der Waals surface area contributed by atoms with E-state index in [1.54, 1.807) is 0 Å². The normalized spacial score (nSPS) is 28.3. The number of nitrogens with zero attached hydrogens (tertiary/aromatic N) is 2. The number of nitrogens with one attached hydrogen (secondary N) is 1. The standard InChI is InChI=1S/C29H27N3S/c1-3-8-23-21(6-1)22-7-2-4-9-24(22)32(23)25-10-5-11-26-27(25)30-28(33-26)31-29-15-18-12-19(16-29)14-20(13-18)17-29/h1-11,18-20H,12-17H2,(H,30,31). The summed E-state index contributed by atoms with van der Waals surface area (Å²) in [5, 5.41) is 7.73. The average Bonchev–Trinajstić information content (AvgIpc) is 3.36. The number of hydrogen-bond acceptors (Lipinski definition) is 3. The Hall–Kier alpha value is -2.85. The van der Waals surface area contributed by atoms with Crippen LogP contribution < -0.4 is 5.32 Å². The topological polar surface area (TPSA) is 29.9 Å². The van der Waals surface area contributed by atoms with Crippen LogP contribution in [0.1, 0.15) is 38.5 Å². The van der Waals surface area contributed by atoms with E-state index in [9.17, 15) is 0 Å². The fourth-order valence-electron chi connectivity index (χ4n) is 7.84. The van der Waals surface area contributed by atoms with Crippen molar-refractivity contribution < 1.29 is 0 Å². The molecule has 9 rings (SSSR count). The monoisotopic (exact) mass is 449 g/mol. The first-order valence-electron chi connectivity index (χ1n) is 12.4. The number of benzene rings is 3. The molecule has 5 aromatic rings. The molecule has 1 N–H and O–H groups in total. The van der Waals surface area contributed by atoms with Gasteiger partial charge in [-0.15, -0.1) is 0 Å². The fourth-order valence-corrected chi connectivity index (χ4v) is 8.85. The molecule has 2 aromatic heterocycles. The Morgan fingerprint density at radius 2 is 1.36 bits per heavy atom. The maximum absolute atomic E-state index is 5.24. The van der Waals surface area contributed by atoms with Gasteiger partial charge in [-0.25, -0.2) is 4.98 Å². The molecule has 0 radical (unpaired) electrons. The van der Waals surface area contributed by atoms with Crippen molar-refractivity contribution in [3.8, 4) is 5.69 Å². The van der Waals surface area contributed by atoms with Gasteiger partial charge in [0.25, 0.3) is 0 Å². The predicted molar refractivity (Wildman–Crippen MR) is 138 cm³/mol. The van der Waals surface area contributed by atoms with Gasteiger partial charge >= 0.3 is 0 Å². The second-order valence-corrected chi connectivity index (χ2v) is 11.9. The molecule has 0 spiro atoms. The Balaban J connectivity index is 1.28. The Labute approximate surface area is 197 Å². The first-order valence-corrected chi connectivity index (χ1v) is 13.2. The lowest BCUT2D eigenvalue weighted by molar-refractivity contribution is 0.0107. The van der Waals surface area contributed by atoms with Crippen molar-refractivity contribution in [2.24, 2.45) is 17.8 Å². The SMILES string of the molecule is c1cc(-n2c3ccccc3c3ccccc32)c2nc(NC34CC5CC(CC(C5)C3)C4)sc2c1. The highest BCUT2D eigenvalue weighted by atomic mass is 32.1. The molecular weight excluding hydrogens is 422 g/mol. The molecule has 0 aliphatic heterocycles. The number of thiazole rings is 1. The van der Waals surface area contributed by atoms with E-state index in [0.717, 1.165) is 28.4 Å². The number of hydrogen-bond donors (Lipinski definition) is 1. The van der Waals surface area contributed by atoms with Gasteiger partial charge in [-0.05, 0) is 80.5 Å². The zero-order valence-electron chi connectivity index (χ0n) is 18.6. The Morgan fingerprint density at radius 3 is 2.00 bits per heavy atom. The summed E-state index contributed by atoms with van der Waals surface area (Å²) in [5.74, 6) is 2.81. The molecule has 4 saturated carbocycles. The van der Waals surface area contributed by atoms with Crippen LogP contribution in [-0.2, 0) is 0 Å². The summed E-state index contributed by atoms with van der Waals surface area (Å²) in [4.78, 5) is 5.24. The molecule has 3 aromatic carbocycles. The van der Waals surface area contributed by atoms with Crippen LogP contribution in [-0.4, -0.2) is 15.1 Å². The average molecular weight is 450 g/mol. The lowest BCUT2D eigenvalue weighted by Crippen LogP contribution is -2.54. The van der Waals surface area contributed by atoms with Gasteiger partial charge in [0.1, 0.15) is 5.52 Å². The van der Waals surface area contributed by atoms with Gasteiger partial charge in [0.2, 0.25) is 0 Å². The maximum atomic E-state index is 5.24. The molecule has 4 bridgehead atoms. The number of fused-ring (bicyclic) bond motifs is 4. The van der Waals surface area contributed by atoms with Gasteiger partial charge in [0.05, 0.1) is 21.4 Å². The number of anilines is 1. The van der Waals surface area contributed by atoms with Crippen LogP contribution in [0.2, 0.25) is 0 Å². The summed E-state index contributed by atoms with van der Waals surface area (Å²) in [5.41, 5.74) is 5.07. The highest BCUT2D eigenvalue weighted by Gasteiger charge is 2.51. The van der Waals surface area contributed by atoms with E-state index in [1.807, 2.05) is 11.3 Å². The van der Waals surface area contributed by atoms with E-state index in [2.05, 4.69) is 76.6 Å². The molecule has 4 fully saturated rings. The zero-order valence-corrected chi connectivity index (χ0v) is 19.4. The second-order valence-electron chi connectivity index (χ2n) is 10.8. The van der Waals surface area contributed by atoms with E-state index < -0.39 is 0 Å². The van der Waals surface area contributed by atoms with E-state index >= 15 is 0 Å². The minimum atomic E-state index is 0.287. The van der Waals surface area contributed by atoms with Crippen molar-refractivity contribution in [1.82, 2.24) is 9.55 Å². The summed E-state index contributed by atoms with van der Waals surface area (Å²) in [6, 6.07) is 24.1. The van der Waals surface area contributed by atoms with Crippen LogP contribution in [0.3, 0.4) is 0 Å². The molecule has 0 amide bonds. The molecule has 4 aliphatic rings. The Morgan fingerprint density at radius 1 is 0.758 bits per heavy atom. The molecule has 4 aliphatic carbocycles. The first-order chi connectivity index (χ1) is 16.2. The summed E-state index contributed by atoms with van der Waals surface area (Å²) in [7, 11) is 0. The Kier molecular flexibility index (Phi) is 3.71. The van der Waals surface area contributed by atoms with E-state index in [-0.39, 0.29) is 5.54 Å². The number of para-hydroxylation sites is 3. The van der Waals surface area contributed by atoms with Crippen molar-refractivity contribution >= 4 is 48.5 Å². The van der Waals surface area contributed by atoms with E-state index in [1.165, 1.54) is 70.7 Å². The minimum Gasteiger partial charge on any atom is -0.356 e. The molecule has 0 atom stereocenters. The smallest absolute Gasteiger partial charge is 0.184 e. The molecule has 0 saturated heterocycles. The summed E-state index contributed by atoms with van der Waals surface area (Å²) >= 11 is 1.83. The Bertz CT molecular complexity index is 1450. The van der Waals surface area contributed by atoms with Crippen LogP contribution in [0.5, 0.6) is 0 Å². The van der Waals surface area contributed by atoms with Crippen molar-refractivity contribution in [2.75, 3.05) is 5.32 Å². The largest absolute Gasteiger partial charge is 0.356 e. The maximum Gasteiger partial charge on any atom is 0.184 e. The van der Waals surface area contributed by atoms with Gasteiger partial charge in [-0.2, -0.15) is 0 Å². The first kappa shape index (κ1) is 18.6. The van der Waals surface area contributed by atoms with Gasteiger partial charge in [-0.1, -0.05) is 53.8 Å². The highest BCUT2D eigenvalue weighted by Crippen LogP contribution is 2.57. The molecule has 0 unspecified atom stereocenters. The van der Waals surface area contributed by atoms with Crippen molar-refractivity contribution in [1.29, 1.82) is 0 Å². The van der Waals surface area contributed by atoms with Crippen LogP contribution in [0.25, 0.3) is 37.7 Å². The van der Waals surface area contributed by atoms with Crippen LogP contribution in [0.15, 0.2) is 66.7 Å². The van der Waals surface area contributed by atoms with Crippen LogP contribution in [0, 0.1) is 17.8 Å². The van der Waals surface area contributed by atoms with Gasteiger partial charge < -0.3 is 9.88 Å². The summed E-state index contributed by atoms with van der Waals surface area (Å²) in [6.45, 7) is 0.